The highest BCUT2D eigenvalue weighted by Gasteiger charge is 2.23. The average Bonchev–Trinajstić information content (AvgIpc) is 2.88. The number of ether oxygens (including phenoxy) is 1. The van der Waals surface area contributed by atoms with Crippen LogP contribution in [0.25, 0.3) is 10.8 Å². The maximum absolute atomic E-state index is 13.3. The fourth-order valence-corrected chi connectivity index (χ4v) is 5.30. The number of hydrogen-bond donors (Lipinski definition) is 3. The molecule has 1 amide bonds. The molecule has 4 rings (SSSR count). The first-order chi connectivity index (χ1) is 18.5. The molecule has 12 heteroatoms. The number of fused-ring (bicyclic) bond motifs is 1. The van der Waals surface area contributed by atoms with Crippen molar-refractivity contribution in [3.8, 4) is 11.5 Å². The second kappa shape index (κ2) is 11.6. The fraction of sp³-hybridized carbons (Fsp3) is 0.148. The molecular weight excluding hydrogens is 565 g/mol. The normalized spacial score (nSPS) is 11.7. The molecule has 9 nitrogen and oxygen atoms in total. The summed E-state index contributed by atoms with van der Waals surface area (Å²) < 4.78 is 39.4. The molecule has 3 N–H and O–H groups in total. The summed E-state index contributed by atoms with van der Waals surface area (Å²) >= 11 is 12.2. The molecule has 0 spiro atoms. The Morgan fingerprint density at radius 3 is 2.46 bits per heavy atom. The number of phenolic OH excluding ortho intramolecular Hbond substituents is 1. The van der Waals surface area contributed by atoms with Gasteiger partial charge in [-0.15, -0.1) is 10.2 Å². The van der Waals surface area contributed by atoms with Gasteiger partial charge in [-0.05, 0) is 60.7 Å². The Balaban J connectivity index is 1.85. The number of anilines is 1. The van der Waals surface area contributed by atoms with Gasteiger partial charge < -0.3 is 15.2 Å². The summed E-state index contributed by atoms with van der Waals surface area (Å²) in [5, 5.41) is 23.2. The van der Waals surface area contributed by atoms with E-state index in [0.29, 0.717) is 45.8 Å². The van der Waals surface area contributed by atoms with Crippen LogP contribution in [0, 0.1) is 0 Å². The highest BCUT2D eigenvalue weighted by atomic mass is 35.5. The largest absolute Gasteiger partial charge is 0.505 e. The van der Waals surface area contributed by atoms with Gasteiger partial charge in [0.2, 0.25) is 0 Å². The maximum Gasteiger partial charge on any atom is 0.298 e. The first-order valence-corrected chi connectivity index (χ1v) is 13.9. The molecule has 0 aliphatic heterocycles. The summed E-state index contributed by atoms with van der Waals surface area (Å²) in [5.74, 6) is -0.783. The van der Waals surface area contributed by atoms with E-state index < -0.39 is 26.7 Å². The third-order valence-corrected chi connectivity index (χ3v) is 7.33. The molecule has 0 aliphatic carbocycles. The molecule has 0 radical (unpaired) electrons. The van der Waals surface area contributed by atoms with Crippen LogP contribution in [0.3, 0.4) is 0 Å². The summed E-state index contributed by atoms with van der Waals surface area (Å²) in [4.78, 5) is 12.7. The van der Waals surface area contributed by atoms with Crippen LogP contribution in [0.4, 0.5) is 17.1 Å². The molecule has 0 saturated heterocycles. The SMILES string of the molecule is CCOc1ccc(Cl)cc1NC(=O)c1cc2ccccc2c(N=Nc2cc(CC)cc(Cl)c2S(=O)(=O)O)c1O. The number of carbonyl (C=O) groups is 1. The van der Waals surface area contributed by atoms with Crippen molar-refractivity contribution in [2.45, 2.75) is 25.2 Å². The van der Waals surface area contributed by atoms with E-state index in [1.54, 1.807) is 43.3 Å². The summed E-state index contributed by atoms with van der Waals surface area (Å²) in [7, 11) is -4.75. The van der Waals surface area contributed by atoms with E-state index in [0.717, 1.165) is 0 Å². The van der Waals surface area contributed by atoms with Gasteiger partial charge in [-0.2, -0.15) is 8.42 Å². The Labute approximate surface area is 234 Å². The highest BCUT2D eigenvalue weighted by molar-refractivity contribution is 7.86. The van der Waals surface area contributed by atoms with Crippen molar-refractivity contribution in [2.24, 2.45) is 10.2 Å². The Morgan fingerprint density at radius 2 is 1.77 bits per heavy atom. The van der Waals surface area contributed by atoms with E-state index in [-0.39, 0.29) is 22.0 Å². The quantitative estimate of drug-likeness (QED) is 0.142. The molecule has 0 unspecified atom stereocenters. The van der Waals surface area contributed by atoms with Crippen LogP contribution in [0.5, 0.6) is 11.5 Å². The number of halogens is 2. The van der Waals surface area contributed by atoms with Crippen LogP contribution in [0.15, 0.2) is 75.8 Å². The van der Waals surface area contributed by atoms with Crippen LogP contribution in [0.2, 0.25) is 10.0 Å². The molecule has 0 heterocycles. The standard InChI is InChI=1S/C27H23Cl2N3O6S/c1-3-15-11-20(29)26(39(35,36)37)22(12-15)31-32-24-18-8-6-5-7-16(18)13-19(25(24)33)27(34)30-21-14-17(28)9-10-23(21)38-4-2/h5-14,33H,3-4H2,1-2H3,(H,30,34)(H,35,36,37). The molecule has 0 saturated carbocycles. The Morgan fingerprint density at radius 1 is 1.03 bits per heavy atom. The molecule has 39 heavy (non-hydrogen) atoms. The minimum absolute atomic E-state index is 0.0892. The first-order valence-electron chi connectivity index (χ1n) is 11.7. The van der Waals surface area contributed by atoms with Gasteiger partial charge in [0.25, 0.3) is 16.0 Å². The van der Waals surface area contributed by atoms with Gasteiger partial charge in [0.05, 0.1) is 22.9 Å². The molecular formula is C27H23Cl2N3O6S. The van der Waals surface area contributed by atoms with Crippen molar-refractivity contribution in [1.82, 2.24) is 0 Å². The molecule has 202 valence electrons. The lowest BCUT2D eigenvalue weighted by atomic mass is 10.0. The van der Waals surface area contributed by atoms with Gasteiger partial charge >= 0.3 is 0 Å². The third kappa shape index (κ3) is 6.15. The van der Waals surface area contributed by atoms with Gasteiger partial charge in [-0.3, -0.25) is 9.35 Å². The molecule has 0 bridgehead atoms. The lowest BCUT2D eigenvalue weighted by Gasteiger charge is -2.14. The number of aryl methyl sites for hydroxylation is 1. The van der Waals surface area contributed by atoms with E-state index in [1.807, 2.05) is 6.92 Å². The highest BCUT2D eigenvalue weighted by Crippen LogP contribution is 2.41. The van der Waals surface area contributed by atoms with E-state index in [2.05, 4.69) is 15.5 Å². The van der Waals surface area contributed by atoms with Gasteiger partial charge in [0, 0.05) is 10.4 Å². The van der Waals surface area contributed by atoms with E-state index in [1.165, 1.54) is 24.3 Å². The summed E-state index contributed by atoms with van der Waals surface area (Å²) in [6.45, 7) is 3.98. The number of hydrogen-bond acceptors (Lipinski definition) is 7. The van der Waals surface area contributed by atoms with Crippen LogP contribution in [-0.4, -0.2) is 30.6 Å². The predicted octanol–water partition coefficient (Wildman–Crippen LogP) is 7.73. The smallest absolute Gasteiger partial charge is 0.298 e. The molecule has 4 aromatic carbocycles. The fourth-order valence-electron chi connectivity index (χ4n) is 3.93. The van der Waals surface area contributed by atoms with Crippen molar-refractivity contribution in [3.63, 3.8) is 0 Å². The monoisotopic (exact) mass is 587 g/mol. The Bertz CT molecular complexity index is 1720. The van der Waals surface area contributed by atoms with Crippen molar-refractivity contribution < 1.29 is 27.6 Å². The lowest BCUT2D eigenvalue weighted by molar-refractivity contribution is 0.102. The van der Waals surface area contributed by atoms with Gasteiger partial charge in [0.1, 0.15) is 22.0 Å². The third-order valence-electron chi connectivity index (χ3n) is 5.74. The van der Waals surface area contributed by atoms with Crippen molar-refractivity contribution in [1.29, 1.82) is 0 Å². The zero-order valence-corrected chi connectivity index (χ0v) is 23.1. The van der Waals surface area contributed by atoms with E-state index >= 15 is 0 Å². The second-order valence-electron chi connectivity index (χ2n) is 8.32. The summed E-state index contributed by atoms with van der Waals surface area (Å²) in [6.07, 6.45) is 0.505. The van der Waals surface area contributed by atoms with Crippen LogP contribution in [0.1, 0.15) is 29.8 Å². The van der Waals surface area contributed by atoms with Crippen LogP contribution in [-0.2, 0) is 16.5 Å². The van der Waals surface area contributed by atoms with Crippen molar-refractivity contribution in [3.05, 3.63) is 81.8 Å². The molecule has 0 aliphatic rings. The number of azo groups is 1. The molecule has 0 aromatic heterocycles. The second-order valence-corrected chi connectivity index (χ2v) is 10.5. The molecule has 0 fully saturated rings. The number of benzene rings is 4. The van der Waals surface area contributed by atoms with Crippen LogP contribution < -0.4 is 10.1 Å². The first kappa shape index (κ1) is 28.3. The van der Waals surface area contributed by atoms with Crippen LogP contribution >= 0.6 is 23.2 Å². The van der Waals surface area contributed by atoms with Gasteiger partial charge in [0.15, 0.2) is 5.75 Å². The lowest BCUT2D eigenvalue weighted by Crippen LogP contribution is -2.13. The van der Waals surface area contributed by atoms with Crippen molar-refractivity contribution >= 4 is 67.1 Å². The summed E-state index contributed by atoms with van der Waals surface area (Å²) in [6, 6.07) is 15.9. The number of amides is 1. The minimum atomic E-state index is -4.75. The topological polar surface area (TPSA) is 138 Å². The number of nitrogens with zero attached hydrogens (tertiary/aromatic N) is 2. The Hall–Kier alpha value is -3.70. The molecule has 4 aromatic rings. The number of phenols is 1. The number of aromatic hydroxyl groups is 1. The van der Waals surface area contributed by atoms with Gasteiger partial charge in [-0.1, -0.05) is 54.4 Å². The van der Waals surface area contributed by atoms with Crippen molar-refractivity contribution in [2.75, 3.05) is 11.9 Å². The van der Waals surface area contributed by atoms with E-state index in [9.17, 15) is 22.9 Å². The summed E-state index contributed by atoms with van der Waals surface area (Å²) in [5.41, 5.74) is 0.513. The number of carbonyl (C=O) groups excluding carboxylic acids is 1. The Kier molecular flexibility index (Phi) is 8.41. The zero-order valence-electron chi connectivity index (χ0n) is 20.8. The number of rotatable bonds is 8. The maximum atomic E-state index is 13.3. The predicted molar refractivity (Wildman–Crippen MR) is 151 cm³/mol. The molecule has 0 atom stereocenters. The van der Waals surface area contributed by atoms with Gasteiger partial charge in [-0.25, -0.2) is 0 Å². The zero-order chi connectivity index (χ0) is 28.3. The number of nitrogens with one attached hydrogen (secondary N) is 1. The average molecular weight is 588 g/mol. The minimum Gasteiger partial charge on any atom is -0.505 e. The van der Waals surface area contributed by atoms with E-state index in [4.69, 9.17) is 27.9 Å².